The van der Waals surface area contributed by atoms with Gasteiger partial charge in [0, 0.05) is 49.1 Å². The van der Waals surface area contributed by atoms with E-state index in [1.165, 1.54) is 10.6 Å². The lowest BCUT2D eigenvalue weighted by Gasteiger charge is -2.40. The highest BCUT2D eigenvalue weighted by Crippen LogP contribution is 2.40. The van der Waals surface area contributed by atoms with Crippen molar-refractivity contribution in [3.8, 4) is 16.9 Å². The van der Waals surface area contributed by atoms with Gasteiger partial charge in [0.25, 0.3) is 0 Å². The Morgan fingerprint density at radius 2 is 1.98 bits per heavy atom. The first-order chi connectivity index (χ1) is 20.1. The molecule has 2 atom stereocenters. The first-order valence-electron chi connectivity index (χ1n) is 13.4. The zero-order chi connectivity index (χ0) is 30.0. The van der Waals surface area contributed by atoms with Gasteiger partial charge in [-0.1, -0.05) is 18.2 Å². The minimum Gasteiger partial charge on any atom is -0.349 e. The number of aryl methyl sites for hydroxylation is 1. The van der Waals surface area contributed by atoms with Gasteiger partial charge in [-0.05, 0) is 45.0 Å². The highest BCUT2D eigenvalue weighted by atomic mass is 35.5. The van der Waals surface area contributed by atoms with Crippen LogP contribution in [-0.4, -0.2) is 57.3 Å². The van der Waals surface area contributed by atoms with Crippen LogP contribution in [0.15, 0.2) is 47.9 Å². The van der Waals surface area contributed by atoms with Gasteiger partial charge in [0.1, 0.15) is 28.8 Å². The number of halogens is 3. The molecule has 2 aliphatic rings. The van der Waals surface area contributed by atoms with E-state index in [-0.39, 0.29) is 33.8 Å². The molecule has 0 bridgehead atoms. The standard InChI is InChI=1S/C30H26ClF2N6O3/c1-5-23(41)36-8-9-37(16(3)13-36)28-20-12-21(31)27(24-18(14-40)10-19(32)11-22(24)33)38-17(4)25-26(15(2)6-7-34-25)39(29(20)38)30(42)35-28/h5-7,10-12,14,16-17H,1,8-9,13H2,2-4H3/q+1/t16-,17?/m0/s1. The van der Waals surface area contributed by atoms with Crippen molar-refractivity contribution < 1.29 is 22.9 Å². The fraction of sp³-hybridized carbons (Fsp3) is 0.267. The van der Waals surface area contributed by atoms with Crippen molar-refractivity contribution in [2.45, 2.75) is 32.9 Å². The molecule has 1 aromatic carbocycles. The summed E-state index contributed by atoms with van der Waals surface area (Å²) in [5.74, 6) is -1.71. The van der Waals surface area contributed by atoms with E-state index < -0.39 is 23.4 Å². The van der Waals surface area contributed by atoms with Crippen molar-refractivity contribution in [2.24, 2.45) is 0 Å². The number of rotatable bonds is 4. The second kappa shape index (κ2) is 10.1. The minimum absolute atomic E-state index is 0.0698. The maximum Gasteiger partial charge on any atom is 0.442 e. The molecular formula is C30H26ClF2N6O3+. The summed E-state index contributed by atoms with van der Waals surface area (Å²) in [4.78, 5) is 50.9. The molecule has 4 aromatic rings. The first kappa shape index (κ1) is 27.6. The average Bonchev–Trinajstić information content (AvgIpc) is 2.96. The number of anilines is 1. The van der Waals surface area contributed by atoms with Crippen LogP contribution in [0.2, 0.25) is 5.02 Å². The Labute approximate surface area is 244 Å². The molecule has 9 nitrogen and oxygen atoms in total. The summed E-state index contributed by atoms with van der Waals surface area (Å²) < 4.78 is 32.8. The van der Waals surface area contributed by atoms with E-state index in [1.807, 2.05) is 25.7 Å². The van der Waals surface area contributed by atoms with Crippen LogP contribution in [-0.2, 0) is 4.79 Å². The molecule has 6 rings (SSSR count). The molecule has 0 N–H and O–H groups in total. The zero-order valence-electron chi connectivity index (χ0n) is 23.1. The van der Waals surface area contributed by atoms with Crippen LogP contribution in [0.25, 0.3) is 28.0 Å². The van der Waals surface area contributed by atoms with E-state index in [0.29, 0.717) is 60.2 Å². The second-order valence-corrected chi connectivity index (χ2v) is 10.9. The van der Waals surface area contributed by atoms with Crippen LogP contribution < -0.4 is 15.2 Å². The first-order valence-corrected chi connectivity index (χ1v) is 13.7. The van der Waals surface area contributed by atoms with Crippen LogP contribution in [0, 0.1) is 18.6 Å². The Balaban J connectivity index is 1.72. The number of hydrogen-bond donors (Lipinski definition) is 0. The van der Waals surface area contributed by atoms with E-state index in [0.717, 1.165) is 11.6 Å². The quantitative estimate of drug-likeness (QED) is 0.203. The predicted octanol–water partition coefficient (Wildman–Crippen LogP) is 3.93. The van der Waals surface area contributed by atoms with Crippen LogP contribution in [0.1, 0.15) is 41.5 Å². The zero-order valence-corrected chi connectivity index (χ0v) is 23.8. The number of carbonyl (C=O) groups is 2. The van der Waals surface area contributed by atoms with Crippen molar-refractivity contribution in [1.29, 1.82) is 0 Å². The monoisotopic (exact) mass is 591 g/mol. The van der Waals surface area contributed by atoms with Crippen molar-refractivity contribution in [3.63, 3.8) is 0 Å². The van der Waals surface area contributed by atoms with E-state index in [4.69, 9.17) is 11.6 Å². The van der Waals surface area contributed by atoms with Gasteiger partial charge in [0.2, 0.25) is 5.91 Å². The number of pyridine rings is 2. The van der Waals surface area contributed by atoms with Crippen LogP contribution in [0.3, 0.4) is 0 Å². The fourth-order valence-corrected chi connectivity index (χ4v) is 6.45. The Bertz CT molecular complexity index is 1910. The van der Waals surface area contributed by atoms with Crippen molar-refractivity contribution >= 4 is 40.6 Å². The topological polar surface area (TPSA) is 92.3 Å². The molecule has 0 saturated carbocycles. The number of hydrogen-bond acceptors (Lipinski definition) is 6. The summed E-state index contributed by atoms with van der Waals surface area (Å²) >= 11 is 6.92. The van der Waals surface area contributed by atoms with E-state index in [2.05, 4.69) is 16.5 Å². The molecule has 1 amide bonds. The number of nitrogens with zero attached hydrogens (tertiary/aromatic N) is 6. The summed E-state index contributed by atoms with van der Waals surface area (Å²) in [6.07, 6.45) is 3.26. The van der Waals surface area contributed by atoms with Crippen molar-refractivity contribution in [2.75, 3.05) is 24.5 Å². The number of benzene rings is 1. The smallest absolute Gasteiger partial charge is 0.349 e. The van der Waals surface area contributed by atoms with Crippen LogP contribution in [0.5, 0.6) is 0 Å². The summed E-state index contributed by atoms with van der Waals surface area (Å²) in [6, 6.07) is 4.22. The molecule has 5 heterocycles. The Hall–Kier alpha value is -4.51. The summed E-state index contributed by atoms with van der Waals surface area (Å²) in [6.45, 7) is 10.3. The highest BCUT2D eigenvalue weighted by molar-refractivity contribution is 6.33. The van der Waals surface area contributed by atoms with E-state index in [1.54, 1.807) is 27.8 Å². The molecule has 1 saturated heterocycles. The van der Waals surface area contributed by atoms with Crippen molar-refractivity contribution in [1.82, 2.24) is 19.4 Å². The summed E-state index contributed by atoms with van der Waals surface area (Å²) in [5.41, 5.74) is 1.32. The Morgan fingerprint density at radius 1 is 1.21 bits per heavy atom. The largest absolute Gasteiger partial charge is 0.442 e. The lowest BCUT2D eigenvalue weighted by molar-refractivity contribution is -0.679. The number of aromatic nitrogens is 4. The highest BCUT2D eigenvalue weighted by Gasteiger charge is 2.41. The third kappa shape index (κ3) is 4.02. The van der Waals surface area contributed by atoms with Crippen LogP contribution in [0.4, 0.5) is 14.6 Å². The molecule has 1 unspecified atom stereocenters. The van der Waals surface area contributed by atoms with Gasteiger partial charge in [-0.3, -0.25) is 14.6 Å². The Morgan fingerprint density at radius 3 is 2.67 bits per heavy atom. The molecule has 12 heteroatoms. The van der Waals surface area contributed by atoms with Gasteiger partial charge in [0.05, 0.1) is 10.6 Å². The molecule has 3 aromatic heterocycles. The van der Waals surface area contributed by atoms with Crippen LogP contribution >= 0.6 is 11.6 Å². The minimum atomic E-state index is -0.975. The van der Waals surface area contributed by atoms with Gasteiger partial charge in [-0.2, -0.15) is 4.98 Å². The van der Waals surface area contributed by atoms with E-state index in [9.17, 15) is 18.8 Å². The van der Waals surface area contributed by atoms with E-state index >= 15 is 4.39 Å². The molecule has 2 aliphatic heterocycles. The van der Waals surface area contributed by atoms with Crippen molar-refractivity contribution in [3.05, 3.63) is 87.1 Å². The normalized spacial score (nSPS) is 17.8. The fourth-order valence-electron chi connectivity index (χ4n) is 6.16. The summed E-state index contributed by atoms with van der Waals surface area (Å²) in [5, 5.41) is 0.579. The van der Waals surface area contributed by atoms with Gasteiger partial charge < -0.3 is 9.80 Å². The number of piperazine rings is 1. The number of amides is 1. The molecule has 0 aliphatic carbocycles. The SMILES string of the molecule is C=CC(=O)N1CCN(c2nc(=O)n3c4c2cc(Cl)c(-c2c(F)cc(F)cc2C=O)[n+]4C(C)c2nccc(C)c2-3)[C@@H](C)C1. The van der Waals surface area contributed by atoms with Gasteiger partial charge in [-0.15, -0.1) is 4.57 Å². The molecular weight excluding hydrogens is 566 g/mol. The second-order valence-electron chi connectivity index (χ2n) is 10.5. The maximum absolute atomic E-state index is 15.5. The number of carbonyl (C=O) groups excluding carboxylic acids is 2. The number of aldehydes is 1. The maximum atomic E-state index is 15.5. The number of fused-ring (bicyclic) bond motifs is 2. The average molecular weight is 592 g/mol. The predicted molar refractivity (Wildman–Crippen MR) is 153 cm³/mol. The Kier molecular flexibility index (Phi) is 6.64. The summed E-state index contributed by atoms with van der Waals surface area (Å²) in [7, 11) is 0. The molecule has 0 radical (unpaired) electrons. The van der Waals surface area contributed by atoms with Gasteiger partial charge in [0.15, 0.2) is 23.5 Å². The molecule has 1 fully saturated rings. The third-order valence-electron chi connectivity index (χ3n) is 8.05. The van der Waals surface area contributed by atoms with Gasteiger partial charge >= 0.3 is 11.3 Å². The molecule has 214 valence electrons. The lowest BCUT2D eigenvalue weighted by atomic mass is 9.99. The molecule has 0 spiro atoms. The third-order valence-corrected chi connectivity index (χ3v) is 8.34. The lowest BCUT2D eigenvalue weighted by Crippen LogP contribution is -2.55. The molecule has 42 heavy (non-hydrogen) atoms. The van der Waals surface area contributed by atoms with Gasteiger partial charge in [-0.25, -0.2) is 18.1 Å².